The van der Waals surface area contributed by atoms with Crippen LogP contribution in [-0.4, -0.2) is 49.0 Å². The van der Waals surface area contributed by atoms with Crippen LogP contribution in [0.15, 0.2) is 30.3 Å². The Morgan fingerprint density at radius 2 is 2.04 bits per heavy atom. The molecule has 7 nitrogen and oxygen atoms in total. The van der Waals surface area contributed by atoms with E-state index < -0.39 is 0 Å². The molecule has 0 spiro atoms. The number of hydrogen-bond donors (Lipinski definition) is 2. The predicted octanol–water partition coefficient (Wildman–Crippen LogP) is 2.37. The zero-order valence-corrected chi connectivity index (χ0v) is 16.5. The first-order chi connectivity index (χ1) is 13.2. The van der Waals surface area contributed by atoms with Crippen molar-refractivity contribution in [3.63, 3.8) is 0 Å². The molecular weight excluding hydrogens is 362 g/mol. The minimum absolute atomic E-state index is 0.424. The topological polar surface area (TPSA) is 71.5 Å². The van der Waals surface area contributed by atoms with Gasteiger partial charge in [-0.25, -0.2) is 0 Å². The fraction of sp³-hybridized carbons (Fsp3) is 0.421. The number of benzene rings is 1. The summed E-state index contributed by atoms with van der Waals surface area (Å²) in [7, 11) is 3.28. The van der Waals surface area contributed by atoms with Crippen LogP contribution in [0, 0.1) is 0 Å². The van der Waals surface area contributed by atoms with Crippen LogP contribution in [0.3, 0.4) is 0 Å². The number of nitrogens with one attached hydrogen (secondary N) is 2. The second-order valence-corrected chi connectivity index (χ2v) is 6.67. The van der Waals surface area contributed by atoms with Crippen molar-refractivity contribution >= 4 is 29.1 Å². The summed E-state index contributed by atoms with van der Waals surface area (Å²) in [6.45, 7) is 3.12. The summed E-state index contributed by atoms with van der Waals surface area (Å²) in [6, 6.07) is 10.4. The van der Waals surface area contributed by atoms with Gasteiger partial charge in [0.15, 0.2) is 5.11 Å². The summed E-state index contributed by atoms with van der Waals surface area (Å²) in [5, 5.41) is 6.64. The van der Waals surface area contributed by atoms with Crippen LogP contribution in [0.1, 0.15) is 17.5 Å². The Balaban J connectivity index is 1.69. The lowest BCUT2D eigenvalue weighted by molar-refractivity contribution is 0.196. The first-order valence-electron chi connectivity index (χ1n) is 8.98. The van der Waals surface area contributed by atoms with Crippen molar-refractivity contribution in [2.75, 3.05) is 44.1 Å². The molecule has 1 aliphatic heterocycles. The highest BCUT2D eigenvalue weighted by Crippen LogP contribution is 2.26. The molecule has 0 fully saturated rings. The molecule has 2 N–H and O–H groups in total. The van der Waals surface area contributed by atoms with Gasteiger partial charge in [-0.1, -0.05) is 24.3 Å². The molecule has 0 saturated carbocycles. The molecular formula is C19H25N5O2S. The van der Waals surface area contributed by atoms with Gasteiger partial charge in [0.05, 0.1) is 7.11 Å². The monoisotopic (exact) mass is 387 g/mol. The van der Waals surface area contributed by atoms with Crippen LogP contribution in [0.5, 0.6) is 5.88 Å². The van der Waals surface area contributed by atoms with Gasteiger partial charge in [0.25, 0.3) is 0 Å². The number of nitrogens with zero attached hydrogens (tertiary/aromatic N) is 3. The van der Waals surface area contributed by atoms with Gasteiger partial charge in [0.1, 0.15) is 5.82 Å². The molecule has 0 amide bonds. The fourth-order valence-corrected chi connectivity index (χ4v) is 3.18. The van der Waals surface area contributed by atoms with E-state index in [-0.39, 0.29) is 0 Å². The zero-order chi connectivity index (χ0) is 19.1. The Morgan fingerprint density at radius 3 is 2.81 bits per heavy atom. The number of rotatable bonds is 7. The fourth-order valence-electron chi connectivity index (χ4n) is 2.99. The van der Waals surface area contributed by atoms with Crippen LogP contribution in [-0.2, 0) is 17.7 Å². The van der Waals surface area contributed by atoms with Gasteiger partial charge in [-0.3, -0.25) is 0 Å². The van der Waals surface area contributed by atoms with E-state index in [1.807, 2.05) is 6.07 Å². The number of aromatic nitrogens is 2. The van der Waals surface area contributed by atoms with Gasteiger partial charge in [-0.05, 0) is 36.2 Å². The molecule has 27 heavy (non-hydrogen) atoms. The van der Waals surface area contributed by atoms with Gasteiger partial charge < -0.3 is 25.0 Å². The minimum Gasteiger partial charge on any atom is -0.481 e. The first kappa shape index (κ1) is 19.3. The standard InChI is InChI=1S/C19H25N5O2S/c1-25-11-5-9-20-19(27)23-18-21-16(12-17(22-18)26-2)24-10-8-14-6-3-4-7-15(14)13-24/h3-4,6-7,12H,5,8-11,13H2,1-2H3,(H2,20,21,22,23,27). The molecule has 1 aromatic carbocycles. The average Bonchev–Trinajstić information content (AvgIpc) is 2.70. The van der Waals surface area contributed by atoms with Crippen molar-refractivity contribution in [3.05, 3.63) is 41.5 Å². The minimum atomic E-state index is 0.424. The maximum atomic E-state index is 5.35. The smallest absolute Gasteiger partial charge is 0.234 e. The van der Waals surface area contributed by atoms with Crippen LogP contribution >= 0.6 is 12.2 Å². The van der Waals surface area contributed by atoms with Crippen LogP contribution in [0.4, 0.5) is 11.8 Å². The van der Waals surface area contributed by atoms with Gasteiger partial charge in [-0.2, -0.15) is 9.97 Å². The molecule has 8 heteroatoms. The molecule has 2 aromatic rings. The third-order valence-electron chi connectivity index (χ3n) is 4.39. The summed E-state index contributed by atoms with van der Waals surface area (Å²) < 4.78 is 10.4. The van der Waals surface area contributed by atoms with Gasteiger partial charge >= 0.3 is 0 Å². The molecule has 0 bridgehead atoms. The van der Waals surface area contributed by atoms with Crippen LogP contribution in [0.25, 0.3) is 0 Å². The third-order valence-corrected chi connectivity index (χ3v) is 4.64. The van der Waals surface area contributed by atoms with Gasteiger partial charge in [0, 0.05) is 39.4 Å². The van der Waals surface area contributed by atoms with Crippen molar-refractivity contribution in [3.8, 4) is 5.88 Å². The molecule has 1 aromatic heterocycles. The van der Waals surface area contributed by atoms with Crippen molar-refractivity contribution in [2.24, 2.45) is 0 Å². The second kappa shape index (κ2) is 9.48. The van der Waals surface area contributed by atoms with Gasteiger partial charge in [-0.15, -0.1) is 0 Å². The first-order valence-corrected chi connectivity index (χ1v) is 9.39. The average molecular weight is 388 g/mol. The van der Waals surface area contributed by atoms with E-state index in [1.165, 1.54) is 11.1 Å². The maximum Gasteiger partial charge on any atom is 0.234 e. The molecule has 0 unspecified atom stereocenters. The van der Waals surface area contributed by atoms with E-state index in [0.717, 1.165) is 38.3 Å². The van der Waals surface area contributed by atoms with E-state index >= 15 is 0 Å². The second-order valence-electron chi connectivity index (χ2n) is 6.26. The van der Waals surface area contributed by atoms with Crippen molar-refractivity contribution < 1.29 is 9.47 Å². The number of thiocarbonyl (C=S) groups is 1. The molecule has 0 saturated heterocycles. The number of fused-ring (bicyclic) bond motifs is 1. The Hall–Kier alpha value is -2.45. The van der Waals surface area contributed by atoms with Gasteiger partial charge in [0.2, 0.25) is 11.8 Å². The number of hydrogen-bond acceptors (Lipinski definition) is 6. The molecule has 1 aliphatic rings. The molecule has 0 aliphatic carbocycles. The normalized spacial score (nSPS) is 13.0. The molecule has 0 radical (unpaired) electrons. The highest BCUT2D eigenvalue weighted by Gasteiger charge is 2.19. The summed E-state index contributed by atoms with van der Waals surface area (Å²) in [6.07, 6.45) is 1.86. The van der Waals surface area contributed by atoms with E-state index in [9.17, 15) is 0 Å². The SMILES string of the molecule is COCCCNC(=S)Nc1nc(OC)cc(N2CCc3ccccc3C2)n1. The lowest BCUT2D eigenvalue weighted by Gasteiger charge is -2.30. The Bertz CT molecular complexity index is 786. The highest BCUT2D eigenvalue weighted by atomic mass is 32.1. The Morgan fingerprint density at radius 1 is 1.22 bits per heavy atom. The van der Waals surface area contributed by atoms with E-state index in [2.05, 4.69) is 49.8 Å². The van der Waals surface area contributed by atoms with E-state index in [4.69, 9.17) is 21.7 Å². The zero-order valence-electron chi connectivity index (χ0n) is 15.7. The molecule has 2 heterocycles. The van der Waals surface area contributed by atoms with Crippen LogP contribution < -0.4 is 20.3 Å². The Labute approximate surface area is 165 Å². The maximum absolute atomic E-state index is 5.35. The van der Waals surface area contributed by atoms with Crippen LogP contribution in [0.2, 0.25) is 0 Å². The number of anilines is 2. The van der Waals surface area contributed by atoms with E-state index in [0.29, 0.717) is 23.5 Å². The number of methoxy groups -OCH3 is 2. The quantitative estimate of drug-likeness (QED) is 0.554. The lowest BCUT2D eigenvalue weighted by atomic mass is 10.00. The van der Waals surface area contributed by atoms with E-state index in [1.54, 1.807) is 14.2 Å². The third kappa shape index (κ3) is 5.27. The summed E-state index contributed by atoms with van der Waals surface area (Å²) in [4.78, 5) is 11.2. The lowest BCUT2D eigenvalue weighted by Crippen LogP contribution is -2.32. The summed E-state index contributed by atoms with van der Waals surface area (Å²) >= 11 is 5.32. The molecule has 144 valence electrons. The Kier molecular flexibility index (Phi) is 6.78. The van der Waals surface area contributed by atoms with Crippen molar-refractivity contribution in [1.82, 2.24) is 15.3 Å². The predicted molar refractivity (Wildman–Crippen MR) is 110 cm³/mol. The summed E-state index contributed by atoms with van der Waals surface area (Å²) in [5.74, 6) is 1.75. The summed E-state index contributed by atoms with van der Waals surface area (Å²) in [5.41, 5.74) is 2.72. The van der Waals surface area contributed by atoms with Crippen molar-refractivity contribution in [1.29, 1.82) is 0 Å². The largest absolute Gasteiger partial charge is 0.481 e. The highest BCUT2D eigenvalue weighted by molar-refractivity contribution is 7.80. The molecule has 0 atom stereocenters. The van der Waals surface area contributed by atoms with Crippen molar-refractivity contribution in [2.45, 2.75) is 19.4 Å². The number of ether oxygens (including phenoxy) is 2. The molecule has 3 rings (SSSR count).